The zero-order chi connectivity index (χ0) is 27.0. The van der Waals surface area contributed by atoms with Gasteiger partial charge < -0.3 is 15.6 Å². The summed E-state index contributed by atoms with van der Waals surface area (Å²) < 4.78 is 42.8. The van der Waals surface area contributed by atoms with E-state index in [1.54, 1.807) is 24.3 Å². The van der Waals surface area contributed by atoms with Crippen LogP contribution in [0.15, 0.2) is 47.4 Å². The Morgan fingerprint density at radius 3 is 2.41 bits per heavy atom. The zero-order valence-electron chi connectivity index (χ0n) is 21.3. The number of aryl methyl sites for hydroxylation is 1. The topological polar surface area (TPSA) is 133 Å². The van der Waals surface area contributed by atoms with Gasteiger partial charge in [0.1, 0.15) is 17.4 Å². The van der Waals surface area contributed by atoms with Crippen LogP contribution in [-0.2, 0) is 25.2 Å². The molecule has 0 saturated heterocycles. The van der Waals surface area contributed by atoms with Crippen molar-refractivity contribution in [2.24, 2.45) is 0 Å². The third kappa shape index (κ3) is 6.34. The number of imidazole rings is 1. The lowest BCUT2D eigenvalue weighted by Gasteiger charge is -2.24. The van der Waals surface area contributed by atoms with E-state index in [1.165, 1.54) is 18.2 Å². The van der Waals surface area contributed by atoms with Crippen molar-refractivity contribution in [1.29, 1.82) is 0 Å². The quantitative estimate of drug-likeness (QED) is 0.338. The molecule has 1 saturated carbocycles. The van der Waals surface area contributed by atoms with Crippen molar-refractivity contribution in [2.75, 3.05) is 0 Å². The summed E-state index contributed by atoms with van der Waals surface area (Å²) in [6, 6.07) is 9.62. The molecule has 2 amide bonds. The average Bonchev–Trinajstić information content (AvgIpc) is 3.43. The molecule has 11 heteroatoms. The number of hydrogen-bond acceptors (Lipinski definition) is 5. The standard InChI is InChI=1S/C26H32FN5O4S/c1-16-8-10-17(11-9-16)37(35,36)32-20(12-13-21(33)30-25(2,3)4)23(34)31-26(14-15-26)24-28-19-7-5-6-18(27)22(19)29-24/h5-11,20,32H,12-15H2,1-4H3,(H,28,29)(H,30,33)(H,31,34). The molecule has 4 N–H and O–H groups in total. The van der Waals surface area contributed by atoms with Crippen molar-refractivity contribution in [3.05, 3.63) is 59.7 Å². The Balaban J connectivity index is 1.55. The third-order valence-corrected chi connectivity index (χ3v) is 7.64. The molecule has 1 atom stereocenters. The van der Waals surface area contributed by atoms with Crippen molar-refractivity contribution in [1.82, 2.24) is 25.3 Å². The van der Waals surface area contributed by atoms with Crippen molar-refractivity contribution in [3.8, 4) is 0 Å². The molecule has 0 aliphatic heterocycles. The van der Waals surface area contributed by atoms with Crippen molar-refractivity contribution in [3.63, 3.8) is 0 Å². The normalized spacial score (nSPS) is 15.8. The minimum atomic E-state index is -4.05. The second kappa shape index (κ2) is 9.86. The summed E-state index contributed by atoms with van der Waals surface area (Å²) in [4.78, 5) is 33.3. The summed E-state index contributed by atoms with van der Waals surface area (Å²) in [6.45, 7) is 7.35. The predicted molar refractivity (Wildman–Crippen MR) is 138 cm³/mol. The molecule has 1 aliphatic carbocycles. The number of para-hydroxylation sites is 1. The monoisotopic (exact) mass is 529 g/mol. The zero-order valence-corrected chi connectivity index (χ0v) is 22.1. The van der Waals surface area contributed by atoms with Gasteiger partial charge in [0.25, 0.3) is 0 Å². The summed E-state index contributed by atoms with van der Waals surface area (Å²) in [5.74, 6) is -0.950. The summed E-state index contributed by atoms with van der Waals surface area (Å²) in [5.41, 5.74) is 0.249. The molecule has 198 valence electrons. The number of amides is 2. The van der Waals surface area contributed by atoms with E-state index in [9.17, 15) is 22.4 Å². The third-order valence-electron chi connectivity index (χ3n) is 6.15. The fourth-order valence-corrected chi connectivity index (χ4v) is 5.30. The van der Waals surface area contributed by atoms with E-state index in [1.807, 2.05) is 27.7 Å². The van der Waals surface area contributed by atoms with Gasteiger partial charge in [-0.05, 0) is 71.2 Å². The minimum absolute atomic E-state index is 0.0175. The molecular formula is C26H32FN5O4S. The van der Waals surface area contributed by atoms with E-state index in [0.29, 0.717) is 24.2 Å². The number of carbonyl (C=O) groups is 2. The number of fused-ring (bicyclic) bond motifs is 1. The highest BCUT2D eigenvalue weighted by Gasteiger charge is 2.49. The lowest BCUT2D eigenvalue weighted by molar-refractivity contribution is -0.125. The molecule has 0 radical (unpaired) electrons. The maximum absolute atomic E-state index is 14.2. The summed E-state index contributed by atoms with van der Waals surface area (Å²) in [7, 11) is -4.05. The lowest BCUT2D eigenvalue weighted by Crippen LogP contribution is -2.50. The highest BCUT2D eigenvalue weighted by Crippen LogP contribution is 2.44. The lowest BCUT2D eigenvalue weighted by atomic mass is 10.1. The van der Waals surface area contributed by atoms with Gasteiger partial charge in [-0.1, -0.05) is 23.8 Å². The molecule has 37 heavy (non-hydrogen) atoms. The van der Waals surface area contributed by atoms with Crippen LogP contribution in [0.3, 0.4) is 0 Å². The maximum atomic E-state index is 14.2. The van der Waals surface area contributed by atoms with E-state index >= 15 is 0 Å². The fraction of sp³-hybridized carbons (Fsp3) is 0.423. The number of rotatable bonds is 9. The number of nitrogens with zero attached hydrogens (tertiary/aromatic N) is 1. The summed E-state index contributed by atoms with van der Waals surface area (Å²) >= 11 is 0. The first-order valence-electron chi connectivity index (χ1n) is 12.1. The number of carbonyl (C=O) groups excluding carboxylic acids is 2. The summed E-state index contributed by atoms with van der Waals surface area (Å²) in [6.07, 6.45) is 1.00. The molecule has 2 aromatic carbocycles. The van der Waals surface area contributed by atoms with Gasteiger partial charge in [0.05, 0.1) is 16.0 Å². The van der Waals surface area contributed by atoms with Crippen LogP contribution < -0.4 is 15.4 Å². The molecule has 4 rings (SSSR count). The van der Waals surface area contributed by atoms with Gasteiger partial charge in [-0.3, -0.25) is 9.59 Å². The van der Waals surface area contributed by atoms with Crippen LogP contribution >= 0.6 is 0 Å². The second-order valence-corrected chi connectivity index (χ2v) is 12.3. The first-order chi connectivity index (χ1) is 17.3. The maximum Gasteiger partial charge on any atom is 0.241 e. The van der Waals surface area contributed by atoms with Crippen molar-refractivity contribution >= 4 is 32.9 Å². The van der Waals surface area contributed by atoms with Crippen LogP contribution in [0.1, 0.15) is 57.8 Å². The first kappa shape index (κ1) is 26.7. The number of benzene rings is 2. The molecule has 1 aromatic heterocycles. The SMILES string of the molecule is Cc1ccc(S(=O)(=O)NC(CCC(=O)NC(C)(C)C)C(=O)NC2(c3nc4c(F)cccc4[nH]3)CC2)cc1. The van der Waals surface area contributed by atoms with Gasteiger partial charge in [-0.15, -0.1) is 0 Å². The van der Waals surface area contributed by atoms with Gasteiger partial charge in [-0.2, -0.15) is 4.72 Å². The number of aromatic amines is 1. The van der Waals surface area contributed by atoms with Crippen molar-refractivity contribution in [2.45, 2.75) is 75.4 Å². The largest absolute Gasteiger partial charge is 0.352 e. The number of hydrogen-bond donors (Lipinski definition) is 4. The van der Waals surface area contributed by atoms with Crippen LogP contribution in [0.25, 0.3) is 11.0 Å². The molecule has 1 aliphatic rings. The molecule has 9 nitrogen and oxygen atoms in total. The number of nitrogens with one attached hydrogen (secondary N) is 4. The Hall–Kier alpha value is -3.31. The van der Waals surface area contributed by atoms with Crippen LogP contribution in [0, 0.1) is 12.7 Å². The highest BCUT2D eigenvalue weighted by molar-refractivity contribution is 7.89. The van der Waals surface area contributed by atoms with Crippen LogP contribution in [0.5, 0.6) is 0 Å². The Morgan fingerprint density at radius 1 is 1.14 bits per heavy atom. The molecule has 1 unspecified atom stereocenters. The second-order valence-electron chi connectivity index (χ2n) is 10.6. The van der Waals surface area contributed by atoms with Gasteiger partial charge in [0, 0.05) is 12.0 Å². The van der Waals surface area contributed by atoms with E-state index in [2.05, 4.69) is 25.3 Å². The van der Waals surface area contributed by atoms with E-state index in [4.69, 9.17) is 0 Å². The highest BCUT2D eigenvalue weighted by atomic mass is 32.2. The van der Waals surface area contributed by atoms with E-state index in [0.717, 1.165) is 5.56 Å². The van der Waals surface area contributed by atoms with Crippen molar-refractivity contribution < 1.29 is 22.4 Å². The van der Waals surface area contributed by atoms with E-state index in [-0.39, 0.29) is 29.2 Å². The Labute approximate surface area is 215 Å². The van der Waals surface area contributed by atoms with E-state index < -0.39 is 38.9 Å². The number of aromatic nitrogens is 2. The fourth-order valence-electron chi connectivity index (χ4n) is 4.07. The van der Waals surface area contributed by atoms with Crippen LogP contribution in [0.2, 0.25) is 0 Å². The average molecular weight is 530 g/mol. The molecule has 3 aromatic rings. The number of sulfonamides is 1. The van der Waals surface area contributed by atoms with Gasteiger partial charge in [0.2, 0.25) is 21.8 Å². The summed E-state index contributed by atoms with van der Waals surface area (Å²) in [5, 5.41) is 5.73. The smallest absolute Gasteiger partial charge is 0.241 e. The van der Waals surface area contributed by atoms with Crippen LogP contribution in [0.4, 0.5) is 4.39 Å². The van der Waals surface area contributed by atoms with Gasteiger partial charge in [0.15, 0.2) is 5.82 Å². The molecular weight excluding hydrogens is 497 g/mol. The van der Waals surface area contributed by atoms with Crippen LogP contribution in [-0.4, -0.2) is 41.8 Å². The Bertz CT molecular complexity index is 1420. The minimum Gasteiger partial charge on any atom is -0.352 e. The molecule has 0 spiro atoms. The number of halogens is 1. The molecule has 1 heterocycles. The first-order valence-corrected chi connectivity index (χ1v) is 13.6. The predicted octanol–water partition coefficient (Wildman–Crippen LogP) is 3.16. The molecule has 1 fully saturated rings. The molecule has 0 bridgehead atoms. The van der Waals surface area contributed by atoms with Gasteiger partial charge in [-0.25, -0.2) is 17.8 Å². The number of H-pyrrole nitrogens is 1. The van der Waals surface area contributed by atoms with Gasteiger partial charge >= 0.3 is 0 Å². The Morgan fingerprint density at radius 2 is 1.81 bits per heavy atom. The Kier molecular flexibility index (Phi) is 7.13.